The van der Waals surface area contributed by atoms with Crippen LogP contribution >= 0.6 is 0 Å². The van der Waals surface area contributed by atoms with Crippen molar-refractivity contribution in [1.82, 2.24) is 10.2 Å². The molecule has 0 aromatic rings. The van der Waals surface area contributed by atoms with E-state index in [9.17, 15) is 9.59 Å². The smallest absolute Gasteiger partial charge is 0.246 e. The number of likely N-dealkylation sites (tertiary alicyclic amines) is 1. The summed E-state index contributed by atoms with van der Waals surface area (Å²) in [4.78, 5) is 24.6. The number of nitrogens with zero attached hydrogens (tertiary/aromatic N) is 1. The number of hydrogen-bond acceptors (Lipinski definition) is 3. The number of rotatable bonds is 1. The summed E-state index contributed by atoms with van der Waals surface area (Å²) in [5.74, 6) is -0.0769. The molecule has 4 nitrogen and oxygen atoms in total. The summed E-state index contributed by atoms with van der Waals surface area (Å²) < 4.78 is 0. The second kappa shape index (κ2) is 3.10. The number of amides is 2. The lowest BCUT2D eigenvalue weighted by Gasteiger charge is -2.39. The number of imide groups is 1. The van der Waals surface area contributed by atoms with Gasteiger partial charge in [-0.3, -0.25) is 19.8 Å². The van der Waals surface area contributed by atoms with Crippen molar-refractivity contribution in [3.63, 3.8) is 0 Å². The Morgan fingerprint density at radius 3 is 2.31 bits per heavy atom. The van der Waals surface area contributed by atoms with Gasteiger partial charge in [-0.05, 0) is 26.2 Å². The summed E-state index contributed by atoms with van der Waals surface area (Å²) in [6.07, 6.45) is 2.73. The van der Waals surface area contributed by atoms with Crippen molar-refractivity contribution in [2.24, 2.45) is 0 Å². The lowest BCUT2D eigenvalue weighted by molar-refractivity contribution is -0.153. The first kappa shape index (κ1) is 8.69. The van der Waals surface area contributed by atoms with E-state index in [1.807, 2.05) is 6.92 Å². The van der Waals surface area contributed by atoms with Gasteiger partial charge < -0.3 is 0 Å². The second-order valence-electron chi connectivity index (χ2n) is 3.62. The molecule has 0 aromatic heterocycles. The zero-order chi connectivity index (χ0) is 9.42. The Labute approximate surface area is 77.3 Å². The molecule has 2 unspecified atom stereocenters. The highest BCUT2D eigenvalue weighted by Gasteiger charge is 2.41. The van der Waals surface area contributed by atoms with Gasteiger partial charge in [0.25, 0.3) is 0 Å². The van der Waals surface area contributed by atoms with E-state index in [2.05, 4.69) is 5.32 Å². The van der Waals surface area contributed by atoms with Crippen LogP contribution < -0.4 is 5.32 Å². The van der Waals surface area contributed by atoms with Crippen molar-refractivity contribution in [3.05, 3.63) is 0 Å². The highest BCUT2D eigenvalue weighted by Crippen LogP contribution is 2.21. The van der Waals surface area contributed by atoms with Gasteiger partial charge in [-0.1, -0.05) is 0 Å². The first-order valence-corrected chi connectivity index (χ1v) is 4.85. The molecule has 0 radical (unpaired) electrons. The molecule has 2 atom stereocenters. The maximum atomic E-state index is 11.6. The maximum Gasteiger partial charge on any atom is 0.246 e. The van der Waals surface area contributed by atoms with Gasteiger partial charge in [-0.15, -0.1) is 0 Å². The van der Waals surface area contributed by atoms with E-state index < -0.39 is 0 Å². The average molecular weight is 182 g/mol. The predicted molar refractivity (Wildman–Crippen MR) is 47.0 cm³/mol. The number of fused-ring (bicyclic) bond motifs is 2. The summed E-state index contributed by atoms with van der Waals surface area (Å²) in [5, 5.41) is 3.08. The Morgan fingerprint density at radius 2 is 1.85 bits per heavy atom. The molecule has 2 aliphatic rings. The van der Waals surface area contributed by atoms with Gasteiger partial charge in [0.15, 0.2) is 0 Å². The molecule has 2 saturated heterocycles. The number of hydrogen-bond donors (Lipinski definition) is 1. The average Bonchev–Trinajstić information content (AvgIpc) is 2.17. The molecule has 13 heavy (non-hydrogen) atoms. The third kappa shape index (κ3) is 1.25. The molecule has 0 saturated carbocycles. The number of piperazine rings is 1. The molecule has 0 aromatic carbocycles. The topological polar surface area (TPSA) is 49.4 Å². The Morgan fingerprint density at radius 1 is 1.31 bits per heavy atom. The number of carbonyl (C=O) groups excluding carboxylic acids is 2. The van der Waals surface area contributed by atoms with Crippen LogP contribution in [0, 0.1) is 0 Å². The first-order chi connectivity index (χ1) is 6.24. The first-order valence-electron chi connectivity index (χ1n) is 4.85. The lowest BCUT2D eigenvalue weighted by atomic mass is 9.93. The third-order valence-electron chi connectivity index (χ3n) is 2.83. The Kier molecular flexibility index (Phi) is 2.07. The molecule has 2 aliphatic heterocycles. The van der Waals surface area contributed by atoms with Crippen LogP contribution in [0.2, 0.25) is 0 Å². The van der Waals surface area contributed by atoms with E-state index in [1.165, 1.54) is 4.90 Å². The van der Waals surface area contributed by atoms with Crippen molar-refractivity contribution >= 4 is 11.8 Å². The van der Waals surface area contributed by atoms with Gasteiger partial charge in [0.1, 0.15) is 0 Å². The molecule has 2 bridgehead atoms. The Balaban J connectivity index is 2.22. The van der Waals surface area contributed by atoms with Crippen LogP contribution in [-0.2, 0) is 9.59 Å². The summed E-state index contributed by atoms with van der Waals surface area (Å²) in [7, 11) is 0. The van der Waals surface area contributed by atoms with Crippen LogP contribution in [0.4, 0.5) is 0 Å². The van der Waals surface area contributed by atoms with Crippen LogP contribution in [0.15, 0.2) is 0 Å². The fourth-order valence-corrected chi connectivity index (χ4v) is 2.12. The minimum absolute atomic E-state index is 0.0385. The van der Waals surface area contributed by atoms with Crippen molar-refractivity contribution < 1.29 is 9.59 Å². The highest BCUT2D eigenvalue weighted by molar-refractivity contribution is 6.03. The standard InChI is InChI=1S/C9H14N2O2/c1-2-11-8(12)6-4-3-5-7(10-6)9(11)13/h6-7,10H,2-5H2,1H3. The zero-order valence-corrected chi connectivity index (χ0v) is 7.75. The summed E-state index contributed by atoms with van der Waals surface area (Å²) in [5.41, 5.74) is 0. The second-order valence-corrected chi connectivity index (χ2v) is 3.62. The number of likely N-dealkylation sites (N-methyl/N-ethyl adjacent to an activating group) is 1. The molecule has 4 heteroatoms. The zero-order valence-electron chi connectivity index (χ0n) is 7.75. The quantitative estimate of drug-likeness (QED) is 0.575. The molecule has 2 heterocycles. The van der Waals surface area contributed by atoms with Crippen LogP contribution in [0.5, 0.6) is 0 Å². The molecular formula is C9H14N2O2. The molecule has 2 amide bonds. The largest absolute Gasteiger partial charge is 0.295 e. The normalized spacial score (nSPS) is 33.8. The van der Waals surface area contributed by atoms with Crippen LogP contribution in [0.3, 0.4) is 0 Å². The fraction of sp³-hybridized carbons (Fsp3) is 0.778. The molecule has 1 N–H and O–H groups in total. The summed E-state index contributed by atoms with van der Waals surface area (Å²) in [6.45, 7) is 2.35. The minimum Gasteiger partial charge on any atom is -0.295 e. The fourth-order valence-electron chi connectivity index (χ4n) is 2.12. The third-order valence-corrected chi connectivity index (χ3v) is 2.83. The van der Waals surface area contributed by atoms with Gasteiger partial charge >= 0.3 is 0 Å². The number of carbonyl (C=O) groups is 2. The maximum absolute atomic E-state index is 11.6. The van der Waals surface area contributed by atoms with Gasteiger partial charge in [0.2, 0.25) is 11.8 Å². The van der Waals surface area contributed by atoms with E-state index >= 15 is 0 Å². The van der Waals surface area contributed by atoms with Crippen molar-refractivity contribution in [3.8, 4) is 0 Å². The number of nitrogens with one attached hydrogen (secondary N) is 1. The molecule has 2 rings (SSSR count). The molecular weight excluding hydrogens is 168 g/mol. The van der Waals surface area contributed by atoms with E-state index in [0.717, 1.165) is 19.3 Å². The summed E-state index contributed by atoms with van der Waals surface area (Å²) >= 11 is 0. The monoisotopic (exact) mass is 182 g/mol. The number of piperidine rings is 1. The predicted octanol–water partition coefficient (Wildman–Crippen LogP) is -0.114. The SMILES string of the molecule is CCN1C(=O)C2CCCC(N2)C1=O. The molecule has 2 fully saturated rings. The van der Waals surface area contributed by atoms with Crippen molar-refractivity contribution in [2.45, 2.75) is 38.3 Å². The minimum atomic E-state index is -0.101. The van der Waals surface area contributed by atoms with Crippen LogP contribution in [-0.4, -0.2) is 35.3 Å². The molecule has 72 valence electrons. The lowest BCUT2D eigenvalue weighted by Crippen LogP contribution is -2.64. The molecule has 0 aliphatic carbocycles. The van der Waals surface area contributed by atoms with Gasteiger partial charge in [0, 0.05) is 6.54 Å². The van der Waals surface area contributed by atoms with E-state index in [4.69, 9.17) is 0 Å². The van der Waals surface area contributed by atoms with Gasteiger partial charge in [0.05, 0.1) is 12.1 Å². The van der Waals surface area contributed by atoms with Crippen molar-refractivity contribution in [2.75, 3.05) is 6.54 Å². The van der Waals surface area contributed by atoms with Crippen molar-refractivity contribution in [1.29, 1.82) is 0 Å². The van der Waals surface area contributed by atoms with E-state index in [0.29, 0.717) is 6.54 Å². The van der Waals surface area contributed by atoms with Gasteiger partial charge in [-0.2, -0.15) is 0 Å². The van der Waals surface area contributed by atoms with Crippen LogP contribution in [0.25, 0.3) is 0 Å². The Hall–Kier alpha value is -0.900. The highest BCUT2D eigenvalue weighted by atomic mass is 16.2. The van der Waals surface area contributed by atoms with E-state index in [-0.39, 0.29) is 23.9 Å². The van der Waals surface area contributed by atoms with E-state index in [1.54, 1.807) is 0 Å². The van der Waals surface area contributed by atoms with Gasteiger partial charge in [-0.25, -0.2) is 0 Å². The van der Waals surface area contributed by atoms with Crippen LogP contribution in [0.1, 0.15) is 26.2 Å². The Bertz CT molecular complexity index is 230. The molecule has 0 spiro atoms. The summed E-state index contributed by atoms with van der Waals surface area (Å²) in [6, 6.07) is -0.201.